The number of thiocarbonyl (C=S) groups is 1. The number of hydrogen-bond acceptors (Lipinski definition) is 2. The summed E-state index contributed by atoms with van der Waals surface area (Å²) in [7, 11) is 0. The van der Waals surface area contributed by atoms with Crippen LogP contribution in [0.25, 0.3) is 0 Å². The second-order valence-electron chi connectivity index (χ2n) is 3.10. The highest BCUT2D eigenvalue weighted by Crippen LogP contribution is 2.03. The molecule has 0 spiro atoms. The maximum Gasteiger partial charge on any atom is 0.166 e. The highest BCUT2D eigenvalue weighted by atomic mass is 35.5. The third kappa shape index (κ3) is 4.99. The van der Waals surface area contributed by atoms with Crippen molar-refractivity contribution in [1.29, 1.82) is 0 Å². The first-order chi connectivity index (χ1) is 7.22. The number of aromatic nitrogens is 2. The zero-order valence-electron chi connectivity index (χ0n) is 8.66. The molecule has 0 saturated carbocycles. The minimum absolute atomic E-state index is 0.654. The predicted octanol–water partition coefficient (Wildman–Crippen LogP) is 1.41. The van der Waals surface area contributed by atoms with Crippen molar-refractivity contribution in [2.24, 2.45) is 0 Å². The number of hydrogen-bond donors (Lipinski definition) is 2. The number of rotatable bonds is 5. The molecule has 2 N–H and O–H groups in total. The van der Waals surface area contributed by atoms with E-state index < -0.39 is 0 Å². The first kappa shape index (κ1) is 12.3. The van der Waals surface area contributed by atoms with Gasteiger partial charge in [-0.2, -0.15) is 5.10 Å². The molecular weight excluding hydrogens is 232 g/mol. The summed E-state index contributed by atoms with van der Waals surface area (Å²) in [5.74, 6) is 0. The van der Waals surface area contributed by atoms with Gasteiger partial charge in [0.05, 0.1) is 17.8 Å². The molecule has 0 radical (unpaired) electrons. The first-order valence-electron chi connectivity index (χ1n) is 4.92. The molecular formula is C9H15ClN4S. The van der Waals surface area contributed by atoms with E-state index in [1.807, 2.05) is 0 Å². The molecule has 0 aliphatic heterocycles. The monoisotopic (exact) mass is 246 g/mol. The molecule has 15 heavy (non-hydrogen) atoms. The van der Waals surface area contributed by atoms with Crippen LogP contribution in [-0.2, 0) is 6.54 Å². The van der Waals surface area contributed by atoms with Crippen LogP contribution in [0.5, 0.6) is 0 Å². The molecule has 4 nitrogen and oxygen atoms in total. The van der Waals surface area contributed by atoms with Crippen molar-refractivity contribution in [3.8, 4) is 0 Å². The van der Waals surface area contributed by atoms with Crippen LogP contribution in [0, 0.1) is 0 Å². The average molecular weight is 247 g/mol. The third-order valence-corrected chi connectivity index (χ3v) is 2.25. The fourth-order valence-electron chi connectivity index (χ4n) is 1.05. The van der Waals surface area contributed by atoms with Crippen LogP contribution >= 0.6 is 23.8 Å². The minimum atomic E-state index is 0.654. The Kier molecular flexibility index (Phi) is 5.42. The number of halogens is 1. The van der Waals surface area contributed by atoms with E-state index in [1.54, 1.807) is 17.1 Å². The maximum atomic E-state index is 5.73. The summed E-state index contributed by atoms with van der Waals surface area (Å²) in [6.07, 6.45) is 4.47. The van der Waals surface area contributed by atoms with Gasteiger partial charge in [-0.3, -0.25) is 4.68 Å². The molecule has 0 fully saturated rings. The molecule has 84 valence electrons. The summed E-state index contributed by atoms with van der Waals surface area (Å²) in [4.78, 5) is 0. The third-order valence-electron chi connectivity index (χ3n) is 1.76. The summed E-state index contributed by atoms with van der Waals surface area (Å²) in [5, 5.41) is 11.6. The fraction of sp³-hybridized carbons (Fsp3) is 0.556. The largest absolute Gasteiger partial charge is 0.363 e. The van der Waals surface area contributed by atoms with Crippen molar-refractivity contribution in [2.45, 2.75) is 19.9 Å². The van der Waals surface area contributed by atoms with E-state index in [4.69, 9.17) is 23.8 Å². The van der Waals surface area contributed by atoms with Crippen molar-refractivity contribution in [3.05, 3.63) is 17.4 Å². The summed E-state index contributed by atoms with van der Waals surface area (Å²) in [5.41, 5.74) is 0. The van der Waals surface area contributed by atoms with Gasteiger partial charge >= 0.3 is 0 Å². The first-order valence-corrected chi connectivity index (χ1v) is 5.70. The second kappa shape index (κ2) is 6.63. The Hall–Kier alpha value is -0.810. The van der Waals surface area contributed by atoms with E-state index in [1.165, 1.54) is 0 Å². The van der Waals surface area contributed by atoms with Crippen molar-refractivity contribution >= 4 is 28.9 Å². The van der Waals surface area contributed by atoms with Crippen LogP contribution in [-0.4, -0.2) is 28.0 Å². The number of nitrogens with zero attached hydrogens (tertiary/aromatic N) is 2. The van der Waals surface area contributed by atoms with Crippen LogP contribution in [0.3, 0.4) is 0 Å². The van der Waals surface area contributed by atoms with E-state index >= 15 is 0 Å². The fourth-order valence-corrected chi connectivity index (χ4v) is 1.41. The van der Waals surface area contributed by atoms with Gasteiger partial charge < -0.3 is 10.6 Å². The van der Waals surface area contributed by atoms with Crippen molar-refractivity contribution in [1.82, 2.24) is 20.4 Å². The average Bonchev–Trinajstić information content (AvgIpc) is 2.61. The van der Waals surface area contributed by atoms with Gasteiger partial charge in [0.1, 0.15) is 0 Å². The summed E-state index contributed by atoms with van der Waals surface area (Å²) in [6, 6.07) is 0. The molecule has 1 aromatic rings. The lowest BCUT2D eigenvalue weighted by Gasteiger charge is -2.09. The Labute approximate surface area is 100.0 Å². The van der Waals surface area contributed by atoms with Crippen LogP contribution < -0.4 is 10.6 Å². The Morgan fingerprint density at radius 1 is 1.53 bits per heavy atom. The molecule has 0 aliphatic rings. The predicted molar refractivity (Wildman–Crippen MR) is 66.1 cm³/mol. The van der Waals surface area contributed by atoms with Gasteiger partial charge in [0, 0.05) is 19.3 Å². The van der Waals surface area contributed by atoms with Gasteiger partial charge in [-0.25, -0.2) is 0 Å². The van der Waals surface area contributed by atoms with Gasteiger partial charge in [0.2, 0.25) is 0 Å². The van der Waals surface area contributed by atoms with Gasteiger partial charge in [0.15, 0.2) is 5.11 Å². The van der Waals surface area contributed by atoms with E-state index in [9.17, 15) is 0 Å². The van der Waals surface area contributed by atoms with Crippen molar-refractivity contribution < 1.29 is 0 Å². The van der Waals surface area contributed by atoms with Gasteiger partial charge in [-0.05, 0) is 18.6 Å². The highest BCUT2D eigenvalue weighted by Gasteiger charge is 1.96. The van der Waals surface area contributed by atoms with Crippen LogP contribution in [0.4, 0.5) is 0 Å². The van der Waals surface area contributed by atoms with Crippen molar-refractivity contribution in [3.63, 3.8) is 0 Å². The smallest absolute Gasteiger partial charge is 0.166 e. The molecule has 0 unspecified atom stereocenters. The minimum Gasteiger partial charge on any atom is -0.363 e. The normalized spacial score (nSPS) is 10.0. The van der Waals surface area contributed by atoms with Gasteiger partial charge in [0.25, 0.3) is 0 Å². The molecule has 0 aromatic carbocycles. The molecule has 0 bridgehead atoms. The SMILES string of the molecule is CCCNC(=S)NCCn1cc(Cl)cn1. The summed E-state index contributed by atoms with van der Waals surface area (Å²) < 4.78 is 1.78. The molecule has 0 amide bonds. The quantitative estimate of drug-likeness (QED) is 0.771. The topological polar surface area (TPSA) is 41.9 Å². The van der Waals surface area contributed by atoms with E-state index in [0.29, 0.717) is 10.1 Å². The molecule has 1 rings (SSSR count). The maximum absolute atomic E-state index is 5.73. The Morgan fingerprint density at radius 3 is 2.87 bits per heavy atom. The van der Waals surface area contributed by atoms with E-state index in [0.717, 1.165) is 26.1 Å². The van der Waals surface area contributed by atoms with Gasteiger partial charge in [-0.1, -0.05) is 18.5 Å². The lowest BCUT2D eigenvalue weighted by molar-refractivity contribution is 0.600. The highest BCUT2D eigenvalue weighted by molar-refractivity contribution is 7.80. The Bertz CT molecular complexity index is 313. The Balaban J connectivity index is 2.13. The molecule has 1 heterocycles. The molecule has 0 saturated heterocycles. The zero-order valence-corrected chi connectivity index (χ0v) is 10.2. The second-order valence-corrected chi connectivity index (χ2v) is 3.95. The standard InChI is InChI=1S/C9H15ClN4S/c1-2-3-11-9(15)12-4-5-14-7-8(10)6-13-14/h6-7H,2-5H2,1H3,(H2,11,12,15). The summed E-state index contributed by atoms with van der Waals surface area (Å²) >= 11 is 10.8. The Morgan fingerprint density at radius 2 is 2.27 bits per heavy atom. The van der Waals surface area contributed by atoms with Crippen LogP contribution in [0.15, 0.2) is 12.4 Å². The van der Waals surface area contributed by atoms with Crippen LogP contribution in [0.2, 0.25) is 5.02 Å². The molecule has 1 aromatic heterocycles. The van der Waals surface area contributed by atoms with E-state index in [2.05, 4.69) is 22.7 Å². The molecule has 6 heteroatoms. The summed E-state index contributed by atoms with van der Waals surface area (Å²) in [6.45, 7) is 4.50. The van der Waals surface area contributed by atoms with Gasteiger partial charge in [-0.15, -0.1) is 0 Å². The van der Waals surface area contributed by atoms with Crippen LogP contribution in [0.1, 0.15) is 13.3 Å². The molecule has 0 atom stereocenters. The number of nitrogens with one attached hydrogen (secondary N) is 2. The lowest BCUT2D eigenvalue weighted by Crippen LogP contribution is -2.37. The molecule has 0 aliphatic carbocycles. The lowest BCUT2D eigenvalue weighted by atomic mass is 10.5. The zero-order chi connectivity index (χ0) is 11.1. The van der Waals surface area contributed by atoms with Crippen molar-refractivity contribution in [2.75, 3.05) is 13.1 Å². The van der Waals surface area contributed by atoms with E-state index in [-0.39, 0.29) is 0 Å².